The summed E-state index contributed by atoms with van der Waals surface area (Å²) in [6, 6.07) is 0.211. The van der Waals surface area contributed by atoms with Crippen LogP contribution in [0.1, 0.15) is 12.0 Å². The number of urea groups is 1. The standard InChI is InChI=1S/C12H13BrFN3O4/c1-5-2-6(13)7(14)3-8(5)16-12(21)17-9(11(19)20)4-10(15)18/h2-3,9H,4H2,1H3,(H2,15,18)(H,19,20)(H2,16,17,21)/t9-/m0/s1. The lowest BCUT2D eigenvalue weighted by Gasteiger charge is -2.15. The number of primary amides is 1. The smallest absolute Gasteiger partial charge is 0.326 e. The van der Waals surface area contributed by atoms with E-state index in [4.69, 9.17) is 10.8 Å². The first-order valence-corrected chi connectivity index (χ1v) is 6.54. The van der Waals surface area contributed by atoms with Crippen molar-refractivity contribution in [2.45, 2.75) is 19.4 Å². The summed E-state index contributed by atoms with van der Waals surface area (Å²) < 4.78 is 13.6. The average Bonchev–Trinajstić information content (AvgIpc) is 2.34. The van der Waals surface area contributed by atoms with Gasteiger partial charge in [-0.3, -0.25) is 4.79 Å². The molecule has 0 saturated heterocycles. The van der Waals surface area contributed by atoms with Crippen LogP contribution in [0.5, 0.6) is 0 Å². The fraction of sp³-hybridized carbons (Fsp3) is 0.250. The molecule has 1 aromatic rings. The molecule has 0 bridgehead atoms. The lowest BCUT2D eigenvalue weighted by atomic mass is 10.2. The molecule has 7 nitrogen and oxygen atoms in total. The first-order chi connectivity index (χ1) is 9.70. The second-order valence-electron chi connectivity index (χ2n) is 4.24. The number of carbonyl (C=O) groups excluding carboxylic acids is 2. The normalized spacial score (nSPS) is 11.6. The number of rotatable bonds is 5. The third-order valence-corrected chi connectivity index (χ3v) is 3.13. The lowest BCUT2D eigenvalue weighted by Crippen LogP contribution is -2.45. The highest BCUT2D eigenvalue weighted by Gasteiger charge is 2.22. The van der Waals surface area contributed by atoms with Crippen LogP contribution in [0, 0.1) is 12.7 Å². The molecule has 3 amide bonds. The number of amides is 3. The van der Waals surface area contributed by atoms with E-state index in [0.717, 1.165) is 6.07 Å². The fourth-order valence-electron chi connectivity index (χ4n) is 1.50. The van der Waals surface area contributed by atoms with Crippen molar-refractivity contribution in [2.24, 2.45) is 5.73 Å². The van der Waals surface area contributed by atoms with E-state index >= 15 is 0 Å². The molecule has 0 heterocycles. The van der Waals surface area contributed by atoms with Crippen molar-refractivity contribution in [3.05, 3.63) is 28.0 Å². The van der Waals surface area contributed by atoms with Gasteiger partial charge in [-0.1, -0.05) is 0 Å². The Hall–Kier alpha value is -2.16. The summed E-state index contributed by atoms with van der Waals surface area (Å²) >= 11 is 3.00. The van der Waals surface area contributed by atoms with Crippen LogP contribution in [-0.2, 0) is 9.59 Å². The van der Waals surface area contributed by atoms with Gasteiger partial charge in [-0.25, -0.2) is 14.0 Å². The molecule has 0 saturated carbocycles. The van der Waals surface area contributed by atoms with Crippen LogP contribution in [0.3, 0.4) is 0 Å². The number of halogens is 2. The number of carboxylic acid groups (broad SMARTS) is 1. The third-order valence-electron chi connectivity index (χ3n) is 2.52. The maximum Gasteiger partial charge on any atom is 0.326 e. The van der Waals surface area contributed by atoms with Crippen molar-refractivity contribution < 1.29 is 23.9 Å². The van der Waals surface area contributed by atoms with E-state index in [-0.39, 0.29) is 10.2 Å². The minimum absolute atomic E-state index is 0.177. The Bertz CT molecular complexity index is 594. The fourth-order valence-corrected chi connectivity index (χ4v) is 1.96. The quantitative estimate of drug-likeness (QED) is 0.632. The highest BCUT2D eigenvalue weighted by Crippen LogP contribution is 2.23. The first-order valence-electron chi connectivity index (χ1n) is 5.75. The molecule has 0 aromatic heterocycles. The number of carbonyl (C=O) groups is 3. The van der Waals surface area contributed by atoms with Crippen LogP contribution in [-0.4, -0.2) is 29.1 Å². The van der Waals surface area contributed by atoms with Gasteiger partial charge in [0.1, 0.15) is 11.9 Å². The van der Waals surface area contributed by atoms with Crippen LogP contribution in [0.25, 0.3) is 0 Å². The van der Waals surface area contributed by atoms with Gasteiger partial charge < -0.3 is 21.5 Å². The second-order valence-corrected chi connectivity index (χ2v) is 5.10. The number of aliphatic carboxylic acids is 1. The highest BCUT2D eigenvalue weighted by molar-refractivity contribution is 9.10. The molecule has 0 unspecified atom stereocenters. The number of carboxylic acids is 1. The van der Waals surface area contributed by atoms with Crippen molar-refractivity contribution in [1.29, 1.82) is 0 Å². The summed E-state index contributed by atoms with van der Waals surface area (Å²) in [5.41, 5.74) is 5.64. The minimum atomic E-state index is -1.46. The average molecular weight is 362 g/mol. The van der Waals surface area contributed by atoms with Gasteiger partial charge in [-0.15, -0.1) is 0 Å². The van der Waals surface area contributed by atoms with E-state index in [9.17, 15) is 18.8 Å². The molecule has 0 aliphatic rings. The van der Waals surface area contributed by atoms with E-state index < -0.39 is 36.2 Å². The van der Waals surface area contributed by atoms with Crippen LogP contribution in [0.2, 0.25) is 0 Å². The van der Waals surface area contributed by atoms with Crippen molar-refractivity contribution in [3.63, 3.8) is 0 Å². The summed E-state index contributed by atoms with van der Waals surface area (Å²) in [7, 11) is 0. The molecule has 0 aliphatic carbocycles. The molecule has 21 heavy (non-hydrogen) atoms. The van der Waals surface area contributed by atoms with Gasteiger partial charge in [0.05, 0.1) is 10.9 Å². The number of benzene rings is 1. The van der Waals surface area contributed by atoms with Gasteiger partial charge in [0.2, 0.25) is 5.91 Å². The second kappa shape index (κ2) is 7.02. The molecule has 9 heteroatoms. The number of hydrogen-bond donors (Lipinski definition) is 4. The van der Waals surface area contributed by atoms with Crippen LogP contribution >= 0.6 is 15.9 Å². The first kappa shape index (κ1) is 16.9. The molecular formula is C12H13BrFN3O4. The zero-order valence-corrected chi connectivity index (χ0v) is 12.5. The summed E-state index contributed by atoms with van der Waals surface area (Å²) in [6.45, 7) is 1.64. The van der Waals surface area contributed by atoms with Gasteiger partial charge in [0.25, 0.3) is 0 Å². The molecule has 0 spiro atoms. The maximum atomic E-state index is 13.4. The SMILES string of the molecule is Cc1cc(Br)c(F)cc1NC(=O)N[C@@H](CC(N)=O)C(=O)O. The van der Waals surface area contributed by atoms with E-state index in [1.165, 1.54) is 6.07 Å². The largest absolute Gasteiger partial charge is 0.480 e. The van der Waals surface area contributed by atoms with E-state index in [1.54, 1.807) is 6.92 Å². The maximum absolute atomic E-state index is 13.4. The van der Waals surface area contributed by atoms with Crippen molar-refractivity contribution in [1.82, 2.24) is 5.32 Å². The molecule has 5 N–H and O–H groups in total. The summed E-state index contributed by atoms with van der Waals surface area (Å²) in [5, 5.41) is 13.2. The Morgan fingerprint density at radius 3 is 2.57 bits per heavy atom. The number of anilines is 1. The molecular weight excluding hydrogens is 349 g/mol. The van der Waals surface area contributed by atoms with Crippen molar-refractivity contribution >= 4 is 39.5 Å². The molecule has 0 radical (unpaired) electrons. The Morgan fingerprint density at radius 1 is 1.43 bits per heavy atom. The topological polar surface area (TPSA) is 122 Å². The number of nitrogens with two attached hydrogens (primary N) is 1. The van der Waals surface area contributed by atoms with Gasteiger partial charge in [0.15, 0.2) is 0 Å². The van der Waals surface area contributed by atoms with E-state index in [0.29, 0.717) is 5.56 Å². The Balaban J connectivity index is 2.79. The van der Waals surface area contributed by atoms with Gasteiger partial charge in [-0.2, -0.15) is 0 Å². The van der Waals surface area contributed by atoms with Crippen LogP contribution in [0.15, 0.2) is 16.6 Å². The number of nitrogens with one attached hydrogen (secondary N) is 2. The number of hydrogen-bond acceptors (Lipinski definition) is 3. The van der Waals surface area contributed by atoms with Gasteiger partial charge in [0, 0.05) is 5.69 Å². The third kappa shape index (κ3) is 5.03. The molecule has 1 aromatic carbocycles. The molecule has 114 valence electrons. The van der Waals surface area contributed by atoms with Crippen LogP contribution in [0.4, 0.5) is 14.9 Å². The highest BCUT2D eigenvalue weighted by atomic mass is 79.9. The van der Waals surface area contributed by atoms with E-state index in [1.807, 2.05) is 0 Å². The molecule has 0 fully saturated rings. The number of aryl methyl sites for hydroxylation is 1. The van der Waals surface area contributed by atoms with Crippen molar-refractivity contribution in [2.75, 3.05) is 5.32 Å². The zero-order valence-electron chi connectivity index (χ0n) is 10.9. The summed E-state index contributed by atoms with van der Waals surface area (Å²) in [6.07, 6.45) is -0.545. The van der Waals surface area contributed by atoms with Crippen molar-refractivity contribution in [3.8, 4) is 0 Å². The Kier molecular flexibility index (Phi) is 5.65. The monoisotopic (exact) mass is 361 g/mol. The molecule has 1 rings (SSSR count). The lowest BCUT2D eigenvalue weighted by molar-refractivity contribution is -0.140. The van der Waals surface area contributed by atoms with E-state index in [2.05, 4.69) is 26.6 Å². The Morgan fingerprint density at radius 2 is 2.05 bits per heavy atom. The summed E-state index contributed by atoms with van der Waals surface area (Å²) in [4.78, 5) is 33.3. The molecule has 0 aliphatic heterocycles. The minimum Gasteiger partial charge on any atom is -0.480 e. The van der Waals surface area contributed by atoms with Gasteiger partial charge >= 0.3 is 12.0 Å². The zero-order chi connectivity index (χ0) is 16.2. The molecule has 1 atom stereocenters. The van der Waals surface area contributed by atoms with Crippen LogP contribution < -0.4 is 16.4 Å². The Labute approximate surface area is 127 Å². The predicted octanol–water partition coefficient (Wildman–Crippen LogP) is 1.35. The summed E-state index contributed by atoms with van der Waals surface area (Å²) in [5.74, 6) is -2.85. The van der Waals surface area contributed by atoms with Gasteiger partial charge in [-0.05, 0) is 40.5 Å². The predicted molar refractivity (Wildman–Crippen MR) is 76.2 cm³/mol.